The van der Waals surface area contributed by atoms with E-state index in [9.17, 15) is 31.5 Å². The van der Waals surface area contributed by atoms with Gasteiger partial charge in [0, 0.05) is 11.4 Å². The lowest BCUT2D eigenvalue weighted by molar-refractivity contribution is -0.138. The van der Waals surface area contributed by atoms with Crippen LogP contribution in [0.3, 0.4) is 0 Å². The molecule has 3 aromatic carbocycles. The van der Waals surface area contributed by atoms with Crippen LogP contribution in [0.2, 0.25) is 0 Å². The highest BCUT2D eigenvalue weighted by Crippen LogP contribution is 2.32. The van der Waals surface area contributed by atoms with Crippen LogP contribution in [0.15, 0.2) is 78.0 Å². The second-order valence-corrected chi connectivity index (χ2v) is 8.72. The SMILES string of the molecule is O=C(CSc1nnc(CNC(=O)c2ccccc2C(F)(F)F)n1-c1ccc(F)cc1)Nc1ccc(F)cc1. The molecule has 0 aliphatic heterocycles. The highest BCUT2D eigenvalue weighted by atomic mass is 32.2. The minimum absolute atomic E-state index is 0.123. The summed E-state index contributed by atoms with van der Waals surface area (Å²) < 4.78 is 68.0. The lowest BCUT2D eigenvalue weighted by atomic mass is 10.1. The molecule has 2 amide bonds. The summed E-state index contributed by atoms with van der Waals surface area (Å²) >= 11 is 0.982. The smallest absolute Gasteiger partial charge is 0.345 e. The van der Waals surface area contributed by atoms with Gasteiger partial charge in [-0.1, -0.05) is 23.9 Å². The number of halogens is 5. The molecule has 0 aliphatic carbocycles. The highest BCUT2D eigenvalue weighted by molar-refractivity contribution is 7.99. The zero-order valence-corrected chi connectivity index (χ0v) is 20.1. The maximum atomic E-state index is 13.5. The molecule has 0 aliphatic rings. The van der Waals surface area contributed by atoms with Gasteiger partial charge in [0.2, 0.25) is 5.91 Å². The lowest BCUT2D eigenvalue weighted by Gasteiger charge is -2.13. The van der Waals surface area contributed by atoms with Gasteiger partial charge in [0.1, 0.15) is 11.6 Å². The number of aromatic nitrogens is 3. The molecule has 1 aromatic heterocycles. The Labute approximate surface area is 217 Å². The Kier molecular flexibility index (Phi) is 8.05. The molecular formula is C25H18F5N5O2S. The first-order valence-corrected chi connectivity index (χ1v) is 11.9. The van der Waals surface area contributed by atoms with Crippen LogP contribution >= 0.6 is 11.8 Å². The molecule has 0 spiro atoms. The predicted octanol–water partition coefficient (Wildman–Crippen LogP) is 5.23. The van der Waals surface area contributed by atoms with E-state index in [4.69, 9.17) is 0 Å². The molecule has 0 unspecified atom stereocenters. The quantitative estimate of drug-likeness (QED) is 0.233. The monoisotopic (exact) mass is 547 g/mol. The summed E-state index contributed by atoms with van der Waals surface area (Å²) in [6.07, 6.45) is -4.72. The minimum atomic E-state index is -4.72. The fraction of sp³-hybridized carbons (Fsp3) is 0.120. The van der Waals surface area contributed by atoms with Gasteiger partial charge in [-0.05, 0) is 60.7 Å². The van der Waals surface area contributed by atoms with Crippen LogP contribution in [0.1, 0.15) is 21.7 Å². The van der Waals surface area contributed by atoms with Gasteiger partial charge in [-0.15, -0.1) is 10.2 Å². The van der Waals surface area contributed by atoms with Crippen LogP contribution in [0.25, 0.3) is 5.69 Å². The number of rotatable bonds is 8. The summed E-state index contributed by atoms with van der Waals surface area (Å²) in [7, 11) is 0. The number of carbonyl (C=O) groups excluding carboxylic acids is 2. The Balaban J connectivity index is 1.52. The summed E-state index contributed by atoms with van der Waals surface area (Å²) in [5.74, 6) is -2.34. The molecule has 0 fully saturated rings. The number of carbonyl (C=O) groups is 2. The van der Waals surface area contributed by atoms with Crippen LogP contribution in [0.4, 0.5) is 27.6 Å². The summed E-state index contributed by atoms with van der Waals surface area (Å²) in [5.41, 5.74) is -0.849. The average Bonchev–Trinajstić information content (AvgIpc) is 3.30. The van der Waals surface area contributed by atoms with E-state index in [1.165, 1.54) is 65.2 Å². The molecule has 13 heteroatoms. The molecule has 38 heavy (non-hydrogen) atoms. The van der Waals surface area contributed by atoms with E-state index in [1.807, 2.05) is 0 Å². The van der Waals surface area contributed by atoms with Crippen molar-refractivity contribution in [3.8, 4) is 5.69 Å². The molecule has 1 heterocycles. The molecule has 7 nitrogen and oxygen atoms in total. The minimum Gasteiger partial charge on any atom is -0.345 e. The van der Waals surface area contributed by atoms with Crippen molar-refractivity contribution in [2.24, 2.45) is 0 Å². The summed E-state index contributed by atoms with van der Waals surface area (Å²) in [6, 6.07) is 14.8. The Morgan fingerprint density at radius 2 is 1.50 bits per heavy atom. The number of amides is 2. The Hall–Kier alpha value is -4.26. The van der Waals surface area contributed by atoms with E-state index in [2.05, 4.69) is 20.8 Å². The molecule has 0 saturated heterocycles. The fourth-order valence-electron chi connectivity index (χ4n) is 3.40. The van der Waals surface area contributed by atoms with E-state index in [0.717, 1.165) is 23.9 Å². The number of thioether (sulfide) groups is 1. The van der Waals surface area contributed by atoms with Crippen LogP contribution in [0, 0.1) is 11.6 Å². The number of nitrogens with zero attached hydrogens (tertiary/aromatic N) is 3. The number of anilines is 1. The third-order valence-corrected chi connectivity index (χ3v) is 6.06. The van der Waals surface area contributed by atoms with Crippen molar-refractivity contribution in [1.29, 1.82) is 0 Å². The third kappa shape index (κ3) is 6.54. The predicted molar refractivity (Wildman–Crippen MR) is 130 cm³/mol. The van der Waals surface area contributed by atoms with Crippen molar-refractivity contribution in [1.82, 2.24) is 20.1 Å². The molecule has 0 atom stereocenters. The van der Waals surface area contributed by atoms with Crippen LogP contribution in [-0.2, 0) is 17.5 Å². The first-order valence-electron chi connectivity index (χ1n) is 10.9. The number of benzene rings is 3. The van der Waals surface area contributed by atoms with Gasteiger partial charge in [0.05, 0.1) is 23.4 Å². The zero-order chi connectivity index (χ0) is 27.3. The van der Waals surface area contributed by atoms with Gasteiger partial charge in [-0.2, -0.15) is 13.2 Å². The highest BCUT2D eigenvalue weighted by Gasteiger charge is 2.34. The Bertz CT molecular complexity index is 1440. The van der Waals surface area contributed by atoms with Gasteiger partial charge < -0.3 is 10.6 Å². The van der Waals surface area contributed by atoms with E-state index >= 15 is 0 Å². The third-order valence-electron chi connectivity index (χ3n) is 5.13. The van der Waals surface area contributed by atoms with Crippen molar-refractivity contribution >= 4 is 29.3 Å². The summed E-state index contributed by atoms with van der Waals surface area (Å²) in [6.45, 7) is -0.308. The number of hydrogen-bond donors (Lipinski definition) is 2. The molecule has 2 N–H and O–H groups in total. The fourth-order valence-corrected chi connectivity index (χ4v) is 4.17. The average molecular weight is 548 g/mol. The van der Waals surface area contributed by atoms with Gasteiger partial charge in [0.25, 0.3) is 5.91 Å². The van der Waals surface area contributed by atoms with Crippen molar-refractivity contribution in [2.45, 2.75) is 17.9 Å². The molecule has 0 radical (unpaired) electrons. The van der Waals surface area contributed by atoms with Gasteiger partial charge >= 0.3 is 6.18 Å². The van der Waals surface area contributed by atoms with E-state index in [1.54, 1.807) is 0 Å². The maximum absolute atomic E-state index is 13.5. The first-order chi connectivity index (χ1) is 18.1. The molecule has 4 aromatic rings. The second kappa shape index (κ2) is 11.4. The van der Waals surface area contributed by atoms with E-state index in [0.29, 0.717) is 11.4 Å². The van der Waals surface area contributed by atoms with Crippen molar-refractivity contribution < 1.29 is 31.5 Å². The summed E-state index contributed by atoms with van der Waals surface area (Å²) in [5, 5.41) is 13.3. The largest absolute Gasteiger partial charge is 0.417 e. The lowest BCUT2D eigenvalue weighted by Crippen LogP contribution is -2.27. The van der Waals surface area contributed by atoms with Gasteiger partial charge in [-0.3, -0.25) is 14.2 Å². The van der Waals surface area contributed by atoms with Crippen molar-refractivity contribution in [2.75, 3.05) is 11.1 Å². The normalized spacial score (nSPS) is 11.3. The Morgan fingerprint density at radius 1 is 0.868 bits per heavy atom. The topological polar surface area (TPSA) is 88.9 Å². The number of alkyl halides is 3. The van der Waals surface area contributed by atoms with Crippen molar-refractivity contribution in [3.05, 3.63) is 101 Å². The molecule has 0 bridgehead atoms. The molecule has 0 saturated carbocycles. The Morgan fingerprint density at radius 3 is 2.16 bits per heavy atom. The number of nitrogens with one attached hydrogen (secondary N) is 2. The van der Waals surface area contributed by atoms with Crippen LogP contribution < -0.4 is 10.6 Å². The van der Waals surface area contributed by atoms with Crippen LogP contribution in [-0.4, -0.2) is 32.3 Å². The standard InChI is InChI=1S/C25H18F5N5O2S/c26-15-5-9-17(10-6-15)32-22(36)14-38-24-34-33-21(35(24)18-11-7-16(27)8-12-18)13-31-23(37)19-3-1-2-4-20(19)25(28,29)30/h1-12H,13-14H2,(H,31,37)(H,32,36). The maximum Gasteiger partial charge on any atom is 0.417 e. The first kappa shape index (κ1) is 26.8. The van der Waals surface area contributed by atoms with Gasteiger partial charge in [-0.25, -0.2) is 8.78 Å². The molecule has 4 rings (SSSR count). The van der Waals surface area contributed by atoms with E-state index < -0.39 is 40.8 Å². The van der Waals surface area contributed by atoms with Crippen LogP contribution in [0.5, 0.6) is 0 Å². The number of hydrogen-bond acceptors (Lipinski definition) is 5. The zero-order valence-electron chi connectivity index (χ0n) is 19.3. The van der Waals surface area contributed by atoms with E-state index in [-0.39, 0.29) is 23.3 Å². The molecule has 196 valence electrons. The van der Waals surface area contributed by atoms with Crippen molar-refractivity contribution in [3.63, 3.8) is 0 Å². The second-order valence-electron chi connectivity index (χ2n) is 7.78. The summed E-state index contributed by atoms with van der Waals surface area (Å²) in [4.78, 5) is 25.0. The molecular weight excluding hydrogens is 529 g/mol. The van der Waals surface area contributed by atoms with Gasteiger partial charge in [0.15, 0.2) is 11.0 Å².